The molecule has 0 aliphatic heterocycles. The minimum atomic E-state index is -0.0115. The van der Waals surface area contributed by atoms with Crippen molar-refractivity contribution in [2.45, 2.75) is 0 Å². The number of phenols is 1. The number of carbonyl (C=O) groups is 1. The van der Waals surface area contributed by atoms with Gasteiger partial charge in [-0.15, -0.1) is 11.3 Å². The van der Waals surface area contributed by atoms with E-state index in [1.807, 2.05) is 18.2 Å². The molecular formula is C13H12O3S. The number of hydrogen-bond acceptors (Lipinski definition) is 4. The first-order valence-electron chi connectivity index (χ1n) is 5.12. The number of phenolic OH excluding ortho intramolecular Hbond substituents is 1. The molecule has 2 aromatic rings. The molecule has 0 saturated heterocycles. The average Bonchev–Trinajstić information content (AvgIpc) is 2.80. The molecule has 1 aromatic carbocycles. The zero-order valence-corrected chi connectivity index (χ0v) is 10.2. The van der Waals surface area contributed by atoms with Gasteiger partial charge in [-0.05, 0) is 42.0 Å². The molecule has 0 bridgehead atoms. The van der Waals surface area contributed by atoms with Gasteiger partial charge < -0.3 is 9.84 Å². The summed E-state index contributed by atoms with van der Waals surface area (Å²) in [4.78, 5) is 13.3. The second kappa shape index (κ2) is 5.12. The van der Waals surface area contributed by atoms with Crippen LogP contribution in [0.4, 0.5) is 0 Å². The lowest BCUT2D eigenvalue weighted by Crippen LogP contribution is -2.04. The monoisotopic (exact) mass is 248 g/mol. The van der Waals surface area contributed by atoms with Crippen molar-refractivity contribution in [2.75, 3.05) is 13.7 Å². The predicted molar refractivity (Wildman–Crippen MR) is 67.6 cm³/mol. The Morgan fingerprint density at radius 3 is 2.59 bits per heavy atom. The van der Waals surface area contributed by atoms with E-state index in [9.17, 15) is 9.90 Å². The van der Waals surface area contributed by atoms with Crippen molar-refractivity contribution in [3.05, 3.63) is 41.3 Å². The van der Waals surface area contributed by atoms with E-state index in [0.29, 0.717) is 4.88 Å². The molecule has 0 unspecified atom stereocenters. The standard InChI is InChI=1S/C13H12O3S/c1-16-8-11(15)13-7-6-12(17-13)9-2-4-10(14)5-3-9/h2-7,14H,8H2,1H3. The lowest BCUT2D eigenvalue weighted by atomic mass is 10.2. The molecule has 0 amide bonds. The topological polar surface area (TPSA) is 46.5 Å². The van der Waals surface area contributed by atoms with Crippen LogP contribution in [-0.4, -0.2) is 24.6 Å². The Labute approximate surface area is 103 Å². The van der Waals surface area contributed by atoms with Gasteiger partial charge in [0.25, 0.3) is 0 Å². The Morgan fingerprint density at radius 1 is 1.24 bits per heavy atom. The van der Waals surface area contributed by atoms with E-state index >= 15 is 0 Å². The zero-order valence-electron chi connectivity index (χ0n) is 9.34. The Morgan fingerprint density at radius 2 is 1.94 bits per heavy atom. The SMILES string of the molecule is COCC(=O)c1ccc(-c2ccc(O)cc2)s1. The van der Waals surface area contributed by atoms with Gasteiger partial charge in [0.2, 0.25) is 0 Å². The highest BCUT2D eigenvalue weighted by Gasteiger charge is 2.09. The molecule has 88 valence electrons. The van der Waals surface area contributed by atoms with Gasteiger partial charge in [0.15, 0.2) is 5.78 Å². The van der Waals surface area contributed by atoms with E-state index < -0.39 is 0 Å². The quantitative estimate of drug-likeness (QED) is 0.846. The summed E-state index contributed by atoms with van der Waals surface area (Å²) in [5.41, 5.74) is 0.990. The van der Waals surface area contributed by atoms with E-state index in [1.54, 1.807) is 18.2 Å². The molecule has 0 saturated carbocycles. The van der Waals surface area contributed by atoms with E-state index in [2.05, 4.69) is 0 Å². The van der Waals surface area contributed by atoms with Crippen LogP contribution in [0.15, 0.2) is 36.4 Å². The fourth-order valence-electron chi connectivity index (χ4n) is 1.47. The summed E-state index contributed by atoms with van der Waals surface area (Å²) in [5, 5.41) is 9.20. The summed E-state index contributed by atoms with van der Waals surface area (Å²) >= 11 is 1.43. The van der Waals surface area contributed by atoms with Gasteiger partial charge >= 0.3 is 0 Å². The van der Waals surface area contributed by atoms with Crippen LogP contribution in [0.5, 0.6) is 5.75 Å². The third-order valence-electron chi connectivity index (χ3n) is 2.31. The Kier molecular flexibility index (Phi) is 3.56. The van der Waals surface area contributed by atoms with E-state index in [4.69, 9.17) is 4.74 Å². The van der Waals surface area contributed by atoms with Crippen molar-refractivity contribution < 1.29 is 14.6 Å². The maximum Gasteiger partial charge on any atom is 0.198 e. The fraction of sp³-hybridized carbons (Fsp3) is 0.154. The van der Waals surface area contributed by atoms with Gasteiger partial charge in [-0.25, -0.2) is 0 Å². The first-order valence-corrected chi connectivity index (χ1v) is 5.94. The molecule has 3 nitrogen and oxygen atoms in total. The number of carbonyl (C=O) groups excluding carboxylic acids is 1. The number of ketones is 1. The van der Waals surface area contributed by atoms with Crippen LogP contribution in [0, 0.1) is 0 Å². The third kappa shape index (κ3) is 2.72. The molecular weight excluding hydrogens is 236 g/mol. The highest BCUT2D eigenvalue weighted by atomic mass is 32.1. The zero-order chi connectivity index (χ0) is 12.3. The van der Waals surface area contributed by atoms with E-state index in [-0.39, 0.29) is 18.1 Å². The summed E-state index contributed by atoms with van der Waals surface area (Å²) in [6, 6.07) is 10.6. The molecule has 4 heteroatoms. The Bertz CT molecular complexity index is 514. The lowest BCUT2D eigenvalue weighted by Gasteiger charge is -1.97. The van der Waals surface area contributed by atoms with Crippen LogP contribution < -0.4 is 0 Å². The van der Waals surface area contributed by atoms with Crippen molar-refractivity contribution in [3.8, 4) is 16.2 Å². The molecule has 1 N–H and O–H groups in total. The smallest absolute Gasteiger partial charge is 0.198 e. The van der Waals surface area contributed by atoms with Crippen LogP contribution in [0.25, 0.3) is 10.4 Å². The first-order chi connectivity index (χ1) is 8.20. The molecule has 17 heavy (non-hydrogen) atoms. The average molecular weight is 248 g/mol. The van der Waals surface area contributed by atoms with Crippen LogP contribution >= 0.6 is 11.3 Å². The van der Waals surface area contributed by atoms with Crippen molar-refractivity contribution in [2.24, 2.45) is 0 Å². The molecule has 0 radical (unpaired) electrons. The first kappa shape index (κ1) is 11.8. The summed E-state index contributed by atoms with van der Waals surface area (Å²) in [6.45, 7) is 0.107. The number of methoxy groups -OCH3 is 1. The van der Waals surface area contributed by atoms with Crippen LogP contribution in [0.1, 0.15) is 9.67 Å². The predicted octanol–water partition coefficient (Wildman–Crippen LogP) is 2.95. The van der Waals surface area contributed by atoms with Gasteiger partial charge in [-0.2, -0.15) is 0 Å². The molecule has 0 spiro atoms. The van der Waals surface area contributed by atoms with Gasteiger partial charge in [0.05, 0.1) is 4.88 Å². The molecule has 0 atom stereocenters. The van der Waals surface area contributed by atoms with Crippen LogP contribution in [-0.2, 0) is 4.74 Å². The van der Waals surface area contributed by atoms with E-state index in [1.165, 1.54) is 18.4 Å². The molecule has 0 aliphatic carbocycles. The van der Waals surface area contributed by atoms with Crippen LogP contribution in [0.2, 0.25) is 0 Å². The maximum absolute atomic E-state index is 11.6. The van der Waals surface area contributed by atoms with Crippen molar-refractivity contribution >= 4 is 17.1 Å². The highest BCUT2D eigenvalue weighted by molar-refractivity contribution is 7.17. The molecule has 0 aliphatic rings. The summed E-state index contributed by atoms with van der Waals surface area (Å²) in [7, 11) is 1.51. The number of thiophene rings is 1. The van der Waals surface area contributed by atoms with E-state index in [0.717, 1.165) is 10.4 Å². The molecule has 0 fully saturated rings. The lowest BCUT2D eigenvalue weighted by molar-refractivity contribution is 0.0852. The molecule has 1 aromatic heterocycles. The fourth-order valence-corrected chi connectivity index (χ4v) is 2.41. The van der Waals surface area contributed by atoms with Gasteiger partial charge in [-0.1, -0.05) is 0 Å². The highest BCUT2D eigenvalue weighted by Crippen LogP contribution is 2.29. The second-order valence-electron chi connectivity index (χ2n) is 3.57. The number of ether oxygens (including phenoxy) is 1. The number of Topliss-reactive ketones (excluding diaryl/α,β-unsaturated/α-hetero) is 1. The minimum Gasteiger partial charge on any atom is -0.508 e. The largest absolute Gasteiger partial charge is 0.508 e. The van der Waals surface area contributed by atoms with Crippen molar-refractivity contribution in [3.63, 3.8) is 0 Å². The number of aromatic hydroxyl groups is 1. The van der Waals surface area contributed by atoms with Crippen molar-refractivity contribution in [1.82, 2.24) is 0 Å². The number of rotatable bonds is 4. The van der Waals surface area contributed by atoms with Crippen molar-refractivity contribution in [1.29, 1.82) is 0 Å². The minimum absolute atomic E-state index is 0.0115. The van der Waals surface area contributed by atoms with Crippen LogP contribution in [0.3, 0.4) is 0 Å². The molecule has 2 rings (SSSR count). The maximum atomic E-state index is 11.6. The third-order valence-corrected chi connectivity index (χ3v) is 3.48. The number of benzene rings is 1. The summed E-state index contributed by atoms with van der Waals surface area (Å²) in [6.07, 6.45) is 0. The second-order valence-corrected chi connectivity index (χ2v) is 4.65. The molecule has 1 heterocycles. The summed E-state index contributed by atoms with van der Waals surface area (Å²) < 4.78 is 4.81. The van der Waals surface area contributed by atoms with Gasteiger partial charge in [-0.3, -0.25) is 4.79 Å². The Hall–Kier alpha value is -1.65. The number of hydrogen-bond donors (Lipinski definition) is 1. The van der Waals surface area contributed by atoms with Gasteiger partial charge in [0.1, 0.15) is 12.4 Å². The van der Waals surface area contributed by atoms with Gasteiger partial charge in [0, 0.05) is 12.0 Å². The Balaban J connectivity index is 2.23. The normalized spacial score (nSPS) is 10.4. The summed E-state index contributed by atoms with van der Waals surface area (Å²) in [5.74, 6) is 0.225.